The number of likely N-dealkylation sites (tertiary alicyclic amines) is 1. The molecule has 1 fully saturated rings. The van der Waals surface area contributed by atoms with Gasteiger partial charge in [-0.05, 0) is 42.8 Å². The molecular weight excluding hydrogens is 432 g/mol. The molecule has 0 spiro atoms. The summed E-state index contributed by atoms with van der Waals surface area (Å²) < 4.78 is 0. The molecule has 176 valence electrons. The monoisotopic (exact) mass is 460 g/mol. The van der Waals surface area contributed by atoms with Gasteiger partial charge in [0.05, 0.1) is 17.6 Å². The lowest BCUT2D eigenvalue weighted by Crippen LogP contribution is -2.42. The first-order chi connectivity index (χ1) is 16.2. The summed E-state index contributed by atoms with van der Waals surface area (Å²) in [5, 5.41) is 4.30. The lowest BCUT2D eigenvalue weighted by Gasteiger charge is -2.30. The lowest BCUT2D eigenvalue weighted by atomic mass is 10.0. The van der Waals surface area contributed by atoms with Gasteiger partial charge in [-0.2, -0.15) is 0 Å². The number of nitrogens with one attached hydrogen (secondary N) is 1. The van der Waals surface area contributed by atoms with Gasteiger partial charge in [0.15, 0.2) is 0 Å². The second-order valence-electron chi connectivity index (χ2n) is 8.54. The Morgan fingerprint density at radius 2 is 1.85 bits per heavy atom. The predicted molar refractivity (Wildman–Crippen MR) is 133 cm³/mol. The maximum atomic E-state index is 12.6. The van der Waals surface area contributed by atoms with Crippen LogP contribution in [0.25, 0.3) is 22.0 Å². The summed E-state index contributed by atoms with van der Waals surface area (Å²) in [4.78, 5) is 41.0. The fourth-order valence-electron chi connectivity index (χ4n) is 3.94. The van der Waals surface area contributed by atoms with Crippen molar-refractivity contribution in [2.75, 3.05) is 44.0 Å². The van der Waals surface area contributed by atoms with Crippen molar-refractivity contribution in [3.8, 4) is 11.3 Å². The molecule has 0 radical (unpaired) electrons. The topological polar surface area (TPSA) is 143 Å². The molecule has 0 aromatic carbocycles. The first-order valence-corrected chi connectivity index (χ1v) is 11.0. The number of nitrogens with two attached hydrogens (primary N) is 2. The van der Waals surface area contributed by atoms with Gasteiger partial charge in [0.2, 0.25) is 5.91 Å². The van der Waals surface area contributed by atoms with Crippen LogP contribution in [-0.2, 0) is 4.79 Å². The van der Waals surface area contributed by atoms with Crippen molar-refractivity contribution in [3.63, 3.8) is 0 Å². The largest absolute Gasteiger partial charge is 0.397 e. The smallest absolute Gasteiger partial charge is 0.319 e. The summed E-state index contributed by atoms with van der Waals surface area (Å²) in [5.74, 6) is 0.488. The number of aromatic nitrogens is 3. The average Bonchev–Trinajstić information content (AvgIpc) is 2.80. The van der Waals surface area contributed by atoms with Crippen LogP contribution in [0.5, 0.6) is 0 Å². The Hall–Kier alpha value is -4.21. The number of nitrogen functional groups attached to an aromatic ring is 2. The zero-order valence-corrected chi connectivity index (χ0v) is 19.5. The molecule has 1 aliphatic rings. The van der Waals surface area contributed by atoms with E-state index in [1.807, 2.05) is 13.0 Å². The molecule has 3 amide bonds. The van der Waals surface area contributed by atoms with Crippen molar-refractivity contribution in [1.29, 1.82) is 0 Å². The van der Waals surface area contributed by atoms with Gasteiger partial charge in [-0.1, -0.05) is 5.57 Å². The molecule has 1 saturated heterocycles. The number of carbonyl (C=O) groups excluding carboxylic acids is 2. The second-order valence-corrected chi connectivity index (χ2v) is 8.54. The summed E-state index contributed by atoms with van der Waals surface area (Å²) in [7, 11) is 3.47. The highest BCUT2D eigenvalue weighted by Gasteiger charge is 2.20. The number of rotatable bonds is 3. The van der Waals surface area contributed by atoms with E-state index in [4.69, 9.17) is 11.5 Å². The lowest BCUT2D eigenvalue weighted by molar-refractivity contribution is -0.112. The molecule has 5 N–H and O–H groups in total. The number of amides is 3. The van der Waals surface area contributed by atoms with Gasteiger partial charge in [-0.15, -0.1) is 0 Å². The van der Waals surface area contributed by atoms with Gasteiger partial charge < -0.3 is 26.6 Å². The minimum Gasteiger partial charge on any atom is -0.397 e. The van der Waals surface area contributed by atoms with Crippen LogP contribution in [0.1, 0.15) is 18.4 Å². The maximum absolute atomic E-state index is 12.6. The first kappa shape index (κ1) is 23.0. The van der Waals surface area contributed by atoms with E-state index in [0.717, 1.165) is 22.1 Å². The van der Waals surface area contributed by atoms with Crippen LogP contribution in [0.2, 0.25) is 0 Å². The number of pyridine rings is 3. The quantitative estimate of drug-likeness (QED) is 0.510. The Morgan fingerprint density at radius 1 is 1.12 bits per heavy atom. The molecule has 3 aromatic heterocycles. The fraction of sp³-hybridized carbons (Fsp3) is 0.292. The zero-order chi connectivity index (χ0) is 24.4. The highest BCUT2D eigenvalue weighted by molar-refractivity contribution is 6.01. The van der Waals surface area contributed by atoms with Crippen LogP contribution >= 0.6 is 0 Å². The number of nitrogens with zero attached hydrogens (tertiary/aromatic N) is 5. The van der Waals surface area contributed by atoms with Gasteiger partial charge in [0.1, 0.15) is 11.6 Å². The molecule has 0 atom stereocenters. The highest BCUT2D eigenvalue weighted by atomic mass is 16.2. The van der Waals surface area contributed by atoms with E-state index in [1.165, 1.54) is 0 Å². The molecule has 0 saturated carbocycles. The fourth-order valence-corrected chi connectivity index (χ4v) is 3.94. The molecule has 0 unspecified atom stereocenters. The Labute approximate surface area is 197 Å². The van der Waals surface area contributed by atoms with Crippen molar-refractivity contribution >= 4 is 40.0 Å². The van der Waals surface area contributed by atoms with Crippen molar-refractivity contribution < 1.29 is 9.59 Å². The van der Waals surface area contributed by atoms with Gasteiger partial charge in [-0.3, -0.25) is 9.78 Å². The Bertz CT molecular complexity index is 1290. The summed E-state index contributed by atoms with van der Waals surface area (Å²) >= 11 is 0. The summed E-state index contributed by atoms with van der Waals surface area (Å²) in [6, 6.07) is 3.63. The summed E-state index contributed by atoms with van der Waals surface area (Å²) in [6.07, 6.45) is 7.82. The normalized spacial score (nSPS) is 13.6. The van der Waals surface area contributed by atoms with Gasteiger partial charge in [0.25, 0.3) is 0 Å². The SMILES string of the molecule is Cc1c(N)cncc1-c1cc2cc(NC(=O)C=C3CCN(C(=O)N(C)C)CC3)ncc2c(N)n1. The van der Waals surface area contributed by atoms with Crippen LogP contribution < -0.4 is 16.8 Å². The van der Waals surface area contributed by atoms with Crippen LogP contribution in [-0.4, -0.2) is 63.9 Å². The van der Waals surface area contributed by atoms with Crippen LogP contribution in [0, 0.1) is 6.92 Å². The Balaban J connectivity index is 1.51. The highest BCUT2D eigenvalue weighted by Crippen LogP contribution is 2.30. The molecule has 10 heteroatoms. The van der Waals surface area contributed by atoms with Gasteiger partial charge >= 0.3 is 6.03 Å². The molecule has 1 aliphatic heterocycles. The standard InChI is InChI=1S/C24H28N8O2/c1-14-17(11-27-13-19(14)25)20-9-16-10-21(28-12-18(16)23(26)29-20)30-22(33)8-15-4-6-32(7-5-15)24(34)31(2)3/h8-13H,4-7,25H2,1-3H3,(H2,26,29)(H,28,30,33). The molecule has 3 aromatic rings. The van der Waals surface area contributed by atoms with Gasteiger partial charge in [-0.25, -0.2) is 14.8 Å². The van der Waals surface area contributed by atoms with E-state index < -0.39 is 0 Å². The zero-order valence-electron chi connectivity index (χ0n) is 19.5. The van der Waals surface area contributed by atoms with E-state index in [2.05, 4.69) is 20.3 Å². The van der Waals surface area contributed by atoms with E-state index >= 15 is 0 Å². The van der Waals surface area contributed by atoms with E-state index in [1.54, 1.807) is 54.6 Å². The summed E-state index contributed by atoms with van der Waals surface area (Å²) in [5.41, 5.74) is 16.1. The third-order valence-corrected chi connectivity index (χ3v) is 5.92. The Kier molecular flexibility index (Phi) is 6.31. The second kappa shape index (κ2) is 9.34. The molecule has 4 heterocycles. The van der Waals surface area contributed by atoms with E-state index in [0.29, 0.717) is 54.3 Å². The number of urea groups is 1. The number of fused-ring (bicyclic) bond motifs is 1. The van der Waals surface area contributed by atoms with Crippen LogP contribution in [0.4, 0.5) is 22.1 Å². The molecule has 0 aliphatic carbocycles. The number of carbonyl (C=O) groups is 2. The minimum atomic E-state index is -0.257. The van der Waals surface area contributed by atoms with Crippen LogP contribution in [0.15, 0.2) is 42.4 Å². The molecule has 0 bridgehead atoms. The van der Waals surface area contributed by atoms with Crippen molar-refractivity contribution in [2.45, 2.75) is 19.8 Å². The number of anilines is 3. The van der Waals surface area contributed by atoms with Crippen molar-refractivity contribution in [1.82, 2.24) is 24.8 Å². The van der Waals surface area contributed by atoms with E-state index in [-0.39, 0.29) is 11.9 Å². The molecule has 34 heavy (non-hydrogen) atoms. The third-order valence-electron chi connectivity index (χ3n) is 5.92. The minimum absolute atomic E-state index is 0.0128. The van der Waals surface area contributed by atoms with Crippen molar-refractivity contribution in [3.05, 3.63) is 47.9 Å². The molecule has 10 nitrogen and oxygen atoms in total. The number of hydrogen-bond acceptors (Lipinski definition) is 7. The van der Waals surface area contributed by atoms with Crippen LogP contribution in [0.3, 0.4) is 0 Å². The summed E-state index contributed by atoms with van der Waals surface area (Å²) in [6.45, 7) is 3.09. The first-order valence-electron chi connectivity index (χ1n) is 11.0. The van der Waals surface area contributed by atoms with Gasteiger partial charge in [0, 0.05) is 56.6 Å². The van der Waals surface area contributed by atoms with Crippen molar-refractivity contribution in [2.24, 2.45) is 0 Å². The number of piperidine rings is 1. The molecular formula is C24H28N8O2. The Morgan fingerprint density at radius 3 is 2.56 bits per heavy atom. The third kappa shape index (κ3) is 4.75. The average molecular weight is 461 g/mol. The predicted octanol–water partition coefficient (Wildman–Crippen LogP) is 2.81. The molecule has 4 rings (SSSR count). The number of hydrogen-bond donors (Lipinski definition) is 3. The van der Waals surface area contributed by atoms with E-state index in [9.17, 15) is 9.59 Å². The maximum Gasteiger partial charge on any atom is 0.319 e.